The lowest BCUT2D eigenvalue weighted by Crippen LogP contribution is -2.35. The Labute approximate surface area is 174 Å². The van der Waals surface area contributed by atoms with Crippen LogP contribution in [0.1, 0.15) is 37.6 Å². The van der Waals surface area contributed by atoms with Crippen molar-refractivity contribution < 1.29 is 14.6 Å². The fourth-order valence-corrected chi connectivity index (χ4v) is 3.12. The minimum absolute atomic E-state index is 0.0491. The third kappa shape index (κ3) is 5.66. The van der Waals surface area contributed by atoms with Crippen molar-refractivity contribution in [2.45, 2.75) is 39.8 Å². The van der Waals surface area contributed by atoms with Gasteiger partial charge in [0, 0.05) is 25.2 Å². The van der Waals surface area contributed by atoms with Crippen molar-refractivity contribution >= 4 is 29.1 Å². The Morgan fingerprint density at radius 2 is 1.86 bits per heavy atom. The third-order valence-electron chi connectivity index (χ3n) is 4.04. The molecule has 28 heavy (non-hydrogen) atoms. The highest BCUT2D eigenvalue weighted by atomic mass is 35.5. The van der Waals surface area contributed by atoms with E-state index in [1.54, 1.807) is 25.1 Å². The number of para-hydroxylation sites is 1. The second-order valence-corrected chi connectivity index (χ2v) is 7.81. The molecular formula is C20H24Cl2N2O4. The van der Waals surface area contributed by atoms with Gasteiger partial charge in [-0.3, -0.25) is 9.59 Å². The maximum absolute atomic E-state index is 12.4. The number of nitrogens with one attached hydrogen (secondary N) is 1. The molecule has 0 aliphatic rings. The van der Waals surface area contributed by atoms with Crippen LogP contribution in [-0.4, -0.2) is 28.2 Å². The van der Waals surface area contributed by atoms with Gasteiger partial charge in [-0.15, -0.1) is 0 Å². The molecule has 2 aromatic rings. The molecule has 0 spiro atoms. The third-order valence-corrected chi connectivity index (χ3v) is 4.64. The minimum atomic E-state index is -0.578. The highest BCUT2D eigenvalue weighted by molar-refractivity contribution is 6.37. The summed E-state index contributed by atoms with van der Waals surface area (Å²) >= 11 is 12.1. The number of aromatic hydroxyl groups is 1. The van der Waals surface area contributed by atoms with Gasteiger partial charge in [0.2, 0.25) is 0 Å². The molecule has 1 heterocycles. The van der Waals surface area contributed by atoms with Gasteiger partial charge in [-0.1, -0.05) is 43.1 Å². The van der Waals surface area contributed by atoms with Gasteiger partial charge in [-0.2, -0.15) is 0 Å². The fourth-order valence-electron chi connectivity index (χ4n) is 2.61. The van der Waals surface area contributed by atoms with E-state index in [4.69, 9.17) is 27.9 Å². The van der Waals surface area contributed by atoms with Crippen molar-refractivity contribution in [3.8, 4) is 11.5 Å². The van der Waals surface area contributed by atoms with Crippen LogP contribution in [0, 0.1) is 5.92 Å². The van der Waals surface area contributed by atoms with Crippen molar-refractivity contribution in [3.63, 3.8) is 0 Å². The molecule has 1 atom stereocenters. The average Bonchev–Trinajstić information content (AvgIpc) is 2.61. The van der Waals surface area contributed by atoms with Crippen LogP contribution in [0.15, 0.2) is 35.3 Å². The molecule has 2 N–H and O–H groups in total. The van der Waals surface area contributed by atoms with E-state index in [0.717, 1.165) is 0 Å². The average molecular weight is 427 g/mol. The summed E-state index contributed by atoms with van der Waals surface area (Å²) in [7, 11) is 0. The zero-order chi connectivity index (χ0) is 20.8. The summed E-state index contributed by atoms with van der Waals surface area (Å²) in [6.07, 6.45) is 2.00. The molecular weight excluding hydrogens is 403 g/mol. The van der Waals surface area contributed by atoms with Gasteiger partial charge in [0.15, 0.2) is 11.5 Å². The van der Waals surface area contributed by atoms with Crippen molar-refractivity contribution in [2.24, 2.45) is 5.92 Å². The number of pyridine rings is 1. The summed E-state index contributed by atoms with van der Waals surface area (Å²) in [5.41, 5.74) is -0.627. The lowest BCUT2D eigenvalue weighted by Gasteiger charge is -2.16. The number of nitrogens with zero attached hydrogens (tertiary/aromatic N) is 1. The van der Waals surface area contributed by atoms with Gasteiger partial charge in [-0.05, 0) is 31.0 Å². The number of rotatable bonds is 8. The molecule has 1 amide bonds. The van der Waals surface area contributed by atoms with Crippen LogP contribution in [0.4, 0.5) is 0 Å². The van der Waals surface area contributed by atoms with E-state index in [1.807, 2.05) is 13.8 Å². The molecule has 0 aliphatic carbocycles. The molecule has 0 aliphatic heterocycles. The van der Waals surface area contributed by atoms with E-state index in [1.165, 1.54) is 16.8 Å². The normalized spacial score (nSPS) is 12.1. The molecule has 8 heteroatoms. The van der Waals surface area contributed by atoms with Crippen LogP contribution in [0.25, 0.3) is 0 Å². The largest absolute Gasteiger partial charge is 0.502 e. The summed E-state index contributed by atoms with van der Waals surface area (Å²) in [5, 5.41) is 13.7. The van der Waals surface area contributed by atoms with Gasteiger partial charge in [0.05, 0.1) is 22.2 Å². The Bertz CT molecular complexity index is 876. The Morgan fingerprint density at radius 3 is 2.46 bits per heavy atom. The topological polar surface area (TPSA) is 80.6 Å². The lowest BCUT2D eigenvalue weighted by atomic mass is 10.1. The number of carbonyl (C=O) groups is 1. The van der Waals surface area contributed by atoms with Gasteiger partial charge in [0.1, 0.15) is 0 Å². The molecule has 1 aromatic carbocycles. The van der Waals surface area contributed by atoms with E-state index >= 15 is 0 Å². The second kappa shape index (κ2) is 9.85. The molecule has 6 nitrogen and oxygen atoms in total. The fraction of sp³-hybridized carbons (Fsp3) is 0.400. The molecule has 1 aromatic heterocycles. The monoisotopic (exact) mass is 426 g/mol. The molecule has 152 valence electrons. The summed E-state index contributed by atoms with van der Waals surface area (Å²) in [6, 6.07) is 6.27. The Balaban J connectivity index is 1.95. The van der Waals surface area contributed by atoms with E-state index in [0.29, 0.717) is 28.8 Å². The predicted molar refractivity (Wildman–Crippen MR) is 111 cm³/mol. The molecule has 0 saturated carbocycles. The van der Waals surface area contributed by atoms with Crippen LogP contribution < -0.4 is 15.6 Å². The summed E-state index contributed by atoms with van der Waals surface area (Å²) < 4.78 is 6.99. The van der Waals surface area contributed by atoms with Crippen LogP contribution in [0.5, 0.6) is 11.5 Å². The van der Waals surface area contributed by atoms with E-state index in [-0.39, 0.29) is 24.1 Å². The summed E-state index contributed by atoms with van der Waals surface area (Å²) in [4.78, 5) is 24.6. The van der Waals surface area contributed by atoms with Crippen LogP contribution >= 0.6 is 23.2 Å². The number of amides is 1. The quantitative estimate of drug-likeness (QED) is 0.665. The van der Waals surface area contributed by atoms with Crippen molar-refractivity contribution in [2.75, 3.05) is 6.61 Å². The highest BCUT2D eigenvalue weighted by Gasteiger charge is 2.18. The Morgan fingerprint density at radius 1 is 1.21 bits per heavy atom. The first-order valence-electron chi connectivity index (χ1n) is 9.00. The molecule has 2 rings (SSSR count). The van der Waals surface area contributed by atoms with Gasteiger partial charge in [0.25, 0.3) is 11.5 Å². The van der Waals surface area contributed by atoms with Gasteiger partial charge in [-0.25, -0.2) is 0 Å². The smallest absolute Gasteiger partial charge is 0.293 e. The molecule has 0 bridgehead atoms. The number of ether oxygens (including phenoxy) is 1. The minimum Gasteiger partial charge on any atom is -0.502 e. The SMILES string of the molecule is CC(C)Cn1ccc(C(=O)N[C@H](C)CCOc2c(Cl)cccc2Cl)c(O)c1=O. The second-order valence-electron chi connectivity index (χ2n) is 6.99. The zero-order valence-electron chi connectivity index (χ0n) is 16.0. The van der Waals surface area contributed by atoms with E-state index in [9.17, 15) is 14.7 Å². The summed E-state index contributed by atoms with van der Waals surface area (Å²) in [6.45, 7) is 6.47. The Kier molecular flexibility index (Phi) is 7.78. The van der Waals surface area contributed by atoms with Crippen LogP contribution in [0.2, 0.25) is 10.0 Å². The molecule has 0 fully saturated rings. The zero-order valence-corrected chi connectivity index (χ0v) is 17.5. The van der Waals surface area contributed by atoms with Gasteiger partial charge >= 0.3 is 0 Å². The van der Waals surface area contributed by atoms with Gasteiger partial charge < -0.3 is 19.7 Å². The van der Waals surface area contributed by atoms with Crippen LogP contribution in [0.3, 0.4) is 0 Å². The van der Waals surface area contributed by atoms with Crippen molar-refractivity contribution in [1.82, 2.24) is 9.88 Å². The first-order chi connectivity index (χ1) is 13.2. The first kappa shape index (κ1) is 22.1. The summed E-state index contributed by atoms with van der Waals surface area (Å²) in [5.74, 6) is -0.430. The molecule has 0 radical (unpaired) electrons. The number of hydrogen-bond acceptors (Lipinski definition) is 4. The first-order valence-corrected chi connectivity index (χ1v) is 9.76. The standard InChI is InChI=1S/C20H24Cl2N2O4/c1-12(2)11-24-9-7-14(17(25)20(24)27)19(26)23-13(3)8-10-28-18-15(21)5-4-6-16(18)22/h4-7,9,12-13,25H,8,10-11H2,1-3H3,(H,23,26)/t13-/m1/s1. The predicted octanol–water partition coefficient (Wildman–Crippen LogP) is 4.10. The maximum Gasteiger partial charge on any atom is 0.293 e. The number of halogens is 2. The Hall–Kier alpha value is -2.18. The number of hydrogen-bond donors (Lipinski definition) is 2. The number of carbonyl (C=O) groups excluding carboxylic acids is 1. The number of aromatic nitrogens is 1. The van der Waals surface area contributed by atoms with Crippen molar-refractivity contribution in [3.05, 3.63) is 56.4 Å². The van der Waals surface area contributed by atoms with Crippen molar-refractivity contribution in [1.29, 1.82) is 0 Å². The maximum atomic E-state index is 12.4. The van der Waals surface area contributed by atoms with Crippen LogP contribution in [-0.2, 0) is 6.54 Å². The molecule has 0 unspecified atom stereocenters. The van der Waals surface area contributed by atoms with E-state index < -0.39 is 17.2 Å². The lowest BCUT2D eigenvalue weighted by molar-refractivity contribution is 0.0932. The van der Waals surface area contributed by atoms with E-state index in [2.05, 4.69) is 5.32 Å². The number of benzene rings is 1. The molecule has 0 saturated heterocycles. The highest BCUT2D eigenvalue weighted by Crippen LogP contribution is 2.32.